The first-order valence-corrected chi connectivity index (χ1v) is 5.08. The van der Waals surface area contributed by atoms with Crippen molar-refractivity contribution in [1.29, 1.82) is 0 Å². The van der Waals surface area contributed by atoms with Crippen LogP contribution in [0, 0.1) is 13.8 Å². The van der Waals surface area contributed by atoms with E-state index in [1.165, 1.54) is 0 Å². The number of aryl methyl sites for hydroxylation is 2. The van der Waals surface area contributed by atoms with Crippen LogP contribution in [0.25, 0.3) is 0 Å². The van der Waals surface area contributed by atoms with E-state index in [9.17, 15) is 9.90 Å². The highest BCUT2D eigenvalue weighted by molar-refractivity contribution is 5.96. The molecule has 1 aromatic heterocycles. The molecule has 0 spiro atoms. The number of aromatic nitrogens is 2. The lowest BCUT2D eigenvalue weighted by Gasteiger charge is -2.15. The van der Waals surface area contributed by atoms with Crippen LogP contribution in [0.1, 0.15) is 28.2 Å². The molecular weight excluding hydrogens is 194 g/mol. The third kappa shape index (κ3) is 1.74. The Bertz CT molecular complexity index is 367. The molecular formula is C10H15N3O2. The Morgan fingerprint density at radius 2 is 2.33 bits per heavy atom. The lowest BCUT2D eigenvalue weighted by Crippen LogP contribution is -2.30. The summed E-state index contributed by atoms with van der Waals surface area (Å²) in [5, 5.41) is 16.2. The van der Waals surface area contributed by atoms with Gasteiger partial charge in [0.15, 0.2) is 0 Å². The molecule has 2 rings (SSSR count). The molecule has 1 saturated heterocycles. The van der Waals surface area contributed by atoms with E-state index < -0.39 is 0 Å². The van der Waals surface area contributed by atoms with E-state index >= 15 is 0 Å². The number of likely N-dealkylation sites (tertiary alicyclic amines) is 1. The number of aliphatic hydroxyl groups is 1. The summed E-state index contributed by atoms with van der Waals surface area (Å²) in [6, 6.07) is 0. The number of amides is 1. The standard InChI is InChI=1S/C10H15N3O2/c1-6-9(7(2)12-11-6)10(15)13-4-3-8(14)5-13/h8,14H,3-5H2,1-2H3,(H,11,12). The largest absolute Gasteiger partial charge is 0.391 e. The number of nitrogens with zero attached hydrogens (tertiary/aromatic N) is 2. The summed E-state index contributed by atoms with van der Waals surface area (Å²) in [5.74, 6) is -0.0321. The lowest BCUT2D eigenvalue weighted by atomic mass is 10.2. The number of β-amino-alcohol motifs (C(OH)–C–C–N with tert-alkyl or cyclic N) is 1. The Hall–Kier alpha value is -1.36. The summed E-state index contributed by atoms with van der Waals surface area (Å²) in [4.78, 5) is 13.7. The summed E-state index contributed by atoms with van der Waals surface area (Å²) in [6.07, 6.45) is 0.295. The third-order valence-electron chi connectivity index (χ3n) is 2.79. The van der Waals surface area contributed by atoms with Crippen molar-refractivity contribution in [2.24, 2.45) is 0 Å². The fourth-order valence-corrected chi connectivity index (χ4v) is 1.95. The second-order valence-electron chi connectivity index (χ2n) is 4.00. The quantitative estimate of drug-likeness (QED) is 0.695. The summed E-state index contributed by atoms with van der Waals surface area (Å²) in [5.41, 5.74) is 2.15. The zero-order chi connectivity index (χ0) is 11.0. The van der Waals surface area contributed by atoms with Gasteiger partial charge >= 0.3 is 0 Å². The molecule has 82 valence electrons. The molecule has 2 N–H and O–H groups in total. The minimum Gasteiger partial charge on any atom is -0.391 e. The minimum atomic E-state index is -0.374. The predicted molar refractivity (Wildman–Crippen MR) is 54.6 cm³/mol. The zero-order valence-electron chi connectivity index (χ0n) is 8.95. The van der Waals surface area contributed by atoms with Crippen molar-refractivity contribution in [3.8, 4) is 0 Å². The van der Waals surface area contributed by atoms with Crippen molar-refractivity contribution in [3.05, 3.63) is 17.0 Å². The normalized spacial score (nSPS) is 21.0. The molecule has 0 saturated carbocycles. The zero-order valence-corrected chi connectivity index (χ0v) is 8.95. The maximum atomic E-state index is 12.1. The van der Waals surface area contributed by atoms with Gasteiger partial charge in [0.25, 0.3) is 5.91 Å². The second kappa shape index (κ2) is 3.66. The fraction of sp³-hybridized carbons (Fsp3) is 0.600. The molecule has 5 heteroatoms. The van der Waals surface area contributed by atoms with Gasteiger partial charge in [0.1, 0.15) is 0 Å². The van der Waals surface area contributed by atoms with E-state index in [1.54, 1.807) is 4.90 Å². The Balaban J connectivity index is 2.21. The third-order valence-corrected chi connectivity index (χ3v) is 2.79. The van der Waals surface area contributed by atoms with Crippen LogP contribution in [0.2, 0.25) is 0 Å². The number of aliphatic hydroxyl groups excluding tert-OH is 1. The average molecular weight is 209 g/mol. The van der Waals surface area contributed by atoms with E-state index in [2.05, 4.69) is 10.2 Å². The minimum absolute atomic E-state index is 0.0321. The van der Waals surface area contributed by atoms with Crippen molar-refractivity contribution in [2.45, 2.75) is 26.4 Å². The van der Waals surface area contributed by atoms with Crippen molar-refractivity contribution >= 4 is 5.91 Å². The SMILES string of the molecule is Cc1n[nH]c(C)c1C(=O)N1CCC(O)C1. The Labute approximate surface area is 88.1 Å². The summed E-state index contributed by atoms with van der Waals surface area (Å²) < 4.78 is 0. The van der Waals surface area contributed by atoms with Crippen LogP contribution in [0.3, 0.4) is 0 Å². The van der Waals surface area contributed by atoms with Crippen molar-refractivity contribution in [1.82, 2.24) is 15.1 Å². The van der Waals surface area contributed by atoms with E-state index in [1.807, 2.05) is 13.8 Å². The molecule has 1 unspecified atom stereocenters. The number of nitrogens with one attached hydrogen (secondary N) is 1. The number of H-pyrrole nitrogens is 1. The van der Waals surface area contributed by atoms with Gasteiger partial charge in [-0.1, -0.05) is 0 Å². The molecule has 1 fully saturated rings. The van der Waals surface area contributed by atoms with Crippen LogP contribution in [0.5, 0.6) is 0 Å². The van der Waals surface area contributed by atoms with Crippen molar-refractivity contribution in [2.75, 3.05) is 13.1 Å². The molecule has 1 amide bonds. The Morgan fingerprint density at radius 3 is 2.80 bits per heavy atom. The first kappa shape index (κ1) is 10.2. The van der Waals surface area contributed by atoms with Gasteiger partial charge in [-0.05, 0) is 20.3 Å². The van der Waals surface area contributed by atoms with Crippen molar-refractivity contribution < 1.29 is 9.90 Å². The fourth-order valence-electron chi connectivity index (χ4n) is 1.95. The topological polar surface area (TPSA) is 69.2 Å². The number of carbonyl (C=O) groups is 1. The monoisotopic (exact) mass is 209 g/mol. The van der Waals surface area contributed by atoms with Gasteiger partial charge in [0.2, 0.25) is 0 Å². The first-order chi connectivity index (χ1) is 7.09. The Kier molecular flexibility index (Phi) is 2.48. The number of hydrogen-bond acceptors (Lipinski definition) is 3. The molecule has 1 atom stereocenters. The van der Waals surface area contributed by atoms with Crippen LogP contribution in [0.15, 0.2) is 0 Å². The molecule has 0 bridgehead atoms. The molecule has 0 aromatic carbocycles. The van der Waals surface area contributed by atoms with Gasteiger partial charge in [-0.2, -0.15) is 5.10 Å². The molecule has 0 radical (unpaired) electrons. The van der Waals surface area contributed by atoms with Crippen LogP contribution in [-0.4, -0.2) is 45.3 Å². The maximum absolute atomic E-state index is 12.1. The van der Waals surface area contributed by atoms with Crippen LogP contribution < -0.4 is 0 Å². The molecule has 2 heterocycles. The molecule has 1 aromatic rings. The van der Waals surface area contributed by atoms with Gasteiger partial charge in [0, 0.05) is 18.8 Å². The van der Waals surface area contributed by atoms with Crippen LogP contribution in [0.4, 0.5) is 0 Å². The van der Waals surface area contributed by atoms with Gasteiger partial charge in [0.05, 0.1) is 17.4 Å². The number of carbonyl (C=O) groups excluding carboxylic acids is 1. The van der Waals surface area contributed by atoms with E-state index in [-0.39, 0.29) is 12.0 Å². The predicted octanol–water partition coefficient (Wildman–Crippen LogP) is 0.233. The smallest absolute Gasteiger partial charge is 0.257 e. The average Bonchev–Trinajstić information content (AvgIpc) is 2.73. The van der Waals surface area contributed by atoms with Crippen LogP contribution >= 0.6 is 0 Å². The summed E-state index contributed by atoms with van der Waals surface area (Å²) in [7, 11) is 0. The van der Waals surface area contributed by atoms with Gasteiger partial charge in [-0.25, -0.2) is 0 Å². The summed E-state index contributed by atoms with van der Waals surface area (Å²) >= 11 is 0. The van der Waals surface area contributed by atoms with E-state index in [4.69, 9.17) is 0 Å². The molecule has 0 aliphatic carbocycles. The number of rotatable bonds is 1. The molecule has 15 heavy (non-hydrogen) atoms. The highest BCUT2D eigenvalue weighted by Gasteiger charge is 2.28. The maximum Gasteiger partial charge on any atom is 0.257 e. The van der Waals surface area contributed by atoms with Crippen LogP contribution in [-0.2, 0) is 0 Å². The number of hydrogen-bond donors (Lipinski definition) is 2. The van der Waals surface area contributed by atoms with Gasteiger partial charge in [-0.15, -0.1) is 0 Å². The van der Waals surface area contributed by atoms with Crippen molar-refractivity contribution in [3.63, 3.8) is 0 Å². The van der Waals surface area contributed by atoms with Gasteiger partial charge < -0.3 is 10.0 Å². The molecule has 1 aliphatic rings. The molecule has 1 aliphatic heterocycles. The number of aromatic amines is 1. The summed E-state index contributed by atoms with van der Waals surface area (Å²) in [6.45, 7) is 4.70. The highest BCUT2D eigenvalue weighted by Crippen LogP contribution is 2.17. The molecule has 5 nitrogen and oxygen atoms in total. The highest BCUT2D eigenvalue weighted by atomic mass is 16.3. The second-order valence-corrected chi connectivity index (χ2v) is 4.00. The lowest BCUT2D eigenvalue weighted by molar-refractivity contribution is 0.0763. The van der Waals surface area contributed by atoms with E-state index in [0.29, 0.717) is 25.1 Å². The first-order valence-electron chi connectivity index (χ1n) is 5.08. The van der Waals surface area contributed by atoms with E-state index in [0.717, 1.165) is 11.4 Å². The Morgan fingerprint density at radius 1 is 1.60 bits per heavy atom. The van der Waals surface area contributed by atoms with Gasteiger partial charge in [-0.3, -0.25) is 9.89 Å².